The van der Waals surface area contributed by atoms with E-state index in [2.05, 4.69) is 10.3 Å². The van der Waals surface area contributed by atoms with Crippen molar-refractivity contribution in [2.24, 2.45) is 0 Å². The maximum Gasteiger partial charge on any atom is 0.338 e. The largest absolute Gasteiger partial charge is 0.463 e. The fourth-order valence-corrected chi connectivity index (χ4v) is 4.06. The molecule has 0 fully saturated rings. The first-order valence-corrected chi connectivity index (χ1v) is 9.26. The first-order valence-electron chi connectivity index (χ1n) is 7.94. The van der Waals surface area contributed by atoms with Crippen LogP contribution in [0.3, 0.4) is 0 Å². The number of hydrogen-bond acceptors (Lipinski definition) is 5. The molecular formula is C18H16ClN3O2S. The third kappa shape index (κ3) is 2.62. The summed E-state index contributed by atoms with van der Waals surface area (Å²) >= 11 is 7.71. The smallest absolute Gasteiger partial charge is 0.338 e. The van der Waals surface area contributed by atoms with Gasteiger partial charge >= 0.3 is 5.97 Å². The number of fused-ring (bicyclic) bond motifs is 3. The molecule has 0 saturated carbocycles. The number of aromatic nitrogens is 2. The van der Waals surface area contributed by atoms with Gasteiger partial charge in [0.2, 0.25) is 5.95 Å². The molecule has 0 saturated heterocycles. The van der Waals surface area contributed by atoms with E-state index in [-0.39, 0.29) is 12.0 Å². The minimum Gasteiger partial charge on any atom is -0.463 e. The maximum atomic E-state index is 12.7. The molecule has 1 aromatic carbocycles. The number of hydrogen-bond donors (Lipinski definition) is 1. The van der Waals surface area contributed by atoms with Crippen LogP contribution in [-0.2, 0) is 9.53 Å². The minimum atomic E-state index is -0.315. The van der Waals surface area contributed by atoms with Crippen molar-refractivity contribution >= 4 is 45.9 Å². The van der Waals surface area contributed by atoms with Crippen molar-refractivity contribution in [2.75, 3.05) is 11.9 Å². The van der Waals surface area contributed by atoms with Gasteiger partial charge < -0.3 is 10.1 Å². The Morgan fingerprint density at radius 3 is 3.00 bits per heavy atom. The van der Waals surface area contributed by atoms with Gasteiger partial charge in [-0.25, -0.2) is 9.78 Å². The molecule has 128 valence electrons. The van der Waals surface area contributed by atoms with E-state index < -0.39 is 0 Å². The lowest BCUT2D eigenvalue weighted by Crippen LogP contribution is -2.28. The van der Waals surface area contributed by atoms with Crippen LogP contribution in [0.4, 0.5) is 5.95 Å². The van der Waals surface area contributed by atoms with Crippen molar-refractivity contribution in [1.29, 1.82) is 0 Å². The van der Waals surface area contributed by atoms with Crippen LogP contribution in [0.25, 0.3) is 11.0 Å². The second-order valence-electron chi connectivity index (χ2n) is 5.78. The fraction of sp³-hybridized carbons (Fsp3) is 0.222. The number of imidazole rings is 1. The molecule has 7 heteroatoms. The summed E-state index contributed by atoms with van der Waals surface area (Å²) in [5.74, 6) is 0.379. The van der Waals surface area contributed by atoms with Crippen LogP contribution in [0.15, 0.2) is 46.3 Å². The van der Waals surface area contributed by atoms with Gasteiger partial charge in [0.05, 0.1) is 29.3 Å². The normalized spacial score (nSPS) is 16.7. The molecule has 1 atom stereocenters. The number of thiophene rings is 1. The number of carbonyl (C=O) groups excluding carboxylic acids is 1. The number of nitrogens with one attached hydrogen (secondary N) is 1. The van der Waals surface area contributed by atoms with Crippen molar-refractivity contribution in [3.63, 3.8) is 0 Å². The molecule has 4 rings (SSSR count). The van der Waals surface area contributed by atoms with Crippen molar-refractivity contribution in [3.05, 3.63) is 56.9 Å². The van der Waals surface area contributed by atoms with Gasteiger partial charge in [-0.05, 0) is 54.4 Å². The Morgan fingerprint density at radius 2 is 2.28 bits per heavy atom. The molecule has 0 radical (unpaired) electrons. The first kappa shape index (κ1) is 16.2. The predicted molar refractivity (Wildman–Crippen MR) is 100 cm³/mol. The highest BCUT2D eigenvalue weighted by atomic mass is 35.5. The van der Waals surface area contributed by atoms with Gasteiger partial charge in [-0.3, -0.25) is 4.57 Å². The number of esters is 1. The molecule has 2 aromatic heterocycles. The zero-order valence-electron chi connectivity index (χ0n) is 13.7. The van der Waals surface area contributed by atoms with E-state index in [1.807, 2.05) is 53.4 Å². The molecule has 3 aromatic rings. The van der Waals surface area contributed by atoms with E-state index in [0.29, 0.717) is 23.2 Å². The number of anilines is 1. The Hall–Kier alpha value is -2.31. The summed E-state index contributed by atoms with van der Waals surface area (Å²) in [5.41, 5.74) is 4.08. The van der Waals surface area contributed by atoms with Gasteiger partial charge in [0.15, 0.2) is 0 Å². The summed E-state index contributed by atoms with van der Waals surface area (Å²) < 4.78 is 7.35. The number of benzene rings is 1. The molecule has 1 aliphatic heterocycles. The third-order valence-electron chi connectivity index (χ3n) is 4.24. The molecular weight excluding hydrogens is 358 g/mol. The average Bonchev–Trinajstić information content (AvgIpc) is 3.20. The van der Waals surface area contributed by atoms with E-state index in [9.17, 15) is 4.79 Å². The Balaban J connectivity index is 1.97. The van der Waals surface area contributed by atoms with Crippen LogP contribution >= 0.6 is 22.9 Å². The van der Waals surface area contributed by atoms with E-state index >= 15 is 0 Å². The summed E-state index contributed by atoms with van der Waals surface area (Å²) in [7, 11) is 0. The SMILES string of the molecule is CCOC(=O)C1=C(C)Nc2nc3cc(Cl)ccc3n2C1c1ccsc1. The summed E-state index contributed by atoms with van der Waals surface area (Å²) in [5, 5.41) is 7.93. The molecule has 0 aliphatic carbocycles. The van der Waals surface area contributed by atoms with Crippen molar-refractivity contribution in [1.82, 2.24) is 9.55 Å². The zero-order chi connectivity index (χ0) is 17.6. The molecule has 25 heavy (non-hydrogen) atoms. The van der Waals surface area contributed by atoms with Crippen LogP contribution < -0.4 is 5.32 Å². The maximum absolute atomic E-state index is 12.7. The van der Waals surface area contributed by atoms with Crippen LogP contribution in [0, 0.1) is 0 Å². The van der Waals surface area contributed by atoms with Gasteiger partial charge in [0.1, 0.15) is 0 Å². The molecule has 1 unspecified atom stereocenters. The zero-order valence-corrected chi connectivity index (χ0v) is 15.3. The highest BCUT2D eigenvalue weighted by molar-refractivity contribution is 7.08. The summed E-state index contributed by atoms with van der Waals surface area (Å²) in [6.07, 6.45) is 0. The fourth-order valence-electron chi connectivity index (χ4n) is 3.21. The molecule has 0 amide bonds. The third-order valence-corrected chi connectivity index (χ3v) is 5.18. The Kier molecular flexibility index (Phi) is 4.01. The predicted octanol–water partition coefficient (Wildman–Crippen LogP) is 4.60. The number of carbonyl (C=O) groups is 1. The van der Waals surface area contributed by atoms with E-state index in [1.165, 1.54) is 0 Å². The standard InChI is InChI=1S/C18H16ClN3O2S/c1-3-24-17(23)15-10(2)20-18-21-13-8-12(19)4-5-14(13)22(18)16(15)11-6-7-25-9-11/h4-9,16H,3H2,1-2H3,(H,20,21). The van der Waals surface area contributed by atoms with E-state index in [0.717, 1.165) is 22.3 Å². The van der Waals surface area contributed by atoms with Crippen LogP contribution in [0.5, 0.6) is 0 Å². The molecule has 0 spiro atoms. The van der Waals surface area contributed by atoms with Crippen LogP contribution in [0.2, 0.25) is 5.02 Å². The second-order valence-corrected chi connectivity index (χ2v) is 7.00. The lowest BCUT2D eigenvalue weighted by atomic mass is 9.97. The number of allylic oxidation sites excluding steroid dienone is 1. The highest BCUT2D eigenvalue weighted by Crippen LogP contribution is 2.40. The Bertz CT molecular complexity index is 991. The van der Waals surface area contributed by atoms with Gasteiger partial charge in [-0.15, -0.1) is 0 Å². The van der Waals surface area contributed by atoms with Crippen molar-refractivity contribution < 1.29 is 9.53 Å². The van der Waals surface area contributed by atoms with Gasteiger partial charge in [0, 0.05) is 10.7 Å². The molecule has 5 nitrogen and oxygen atoms in total. The summed E-state index contributed by atoms with van der Waals surface area (Å²) in [6.45, 7) is 4.02. The number of nitrogens with zero attached hydrogens (tertiary/aromatic N) is 2. The topological polar surface area (TPSA) is 56.1 Å². The molecule has 0 bridgehead atoms. The molecule has 3 heterocycles. The quantitative estimate of drug-likeness (QED) is 0.681. The van der Waals surface area contributed by atoms with Crippen molar-refractivity contribution in [2.45, 2.75) is 19.9 Å². The lowest BCUT2D eigenvalue weighted by molar-refractivity contribution is -0.139. The summed E-state index contributed by atoms with van der Waals surface area (Å²) in [4.78, 5) is 17.3. The lowest BCUT2D eigenvalue weighted by Gasteiger charge is -2.29. The highest BCUT2D eigenvalue weighted by Gasteiger charge is 2.35. The van der Waals surface area contributed by atoms with E-state index in [1.54, 1.807) is 11.3 Å². The molecule has 1 N–H and O–H groups in total. The minimum absolute atomic E-state index is 0.285. The molecule has 1 aliphatic rings. The van der Waals surface area contributed by atoms with Crippen LogP contribution in [0.1, 0.15) is 25.5 Å². The first-order chi connectivity index (χ1) is 12.1. The van der Waals surface area contributed by atoms with E-state index in [4.69, 9.17) is 16.3 Å². The summed E-state index contributed by atoms with van der Waals surface area (Å²) in [6, 6.07) is 7.33. The van der Waals surface area contributed by atoms with Crippen molar-refractivity contribution in [3.8, 4) is 0 Å². The number of rotatable bonds is 3. The number of halogens is 1. The van der Waals surface area contributed by atoms with Gasteiger partial charge in [-0.2, -0.15) is 11.3 Å². The Morgan fingerprint density at radius 1 is 1.44 bits per heavy atom. The Labute approximate surface area is 153 Å². The monoisotopic (exact) mass is 373 g/mol. The second kappa shape index (κ2) is 6.20. The van der Waals surface area contributed by atoms with Crippen LogP contribution in [-0.4, -0.2) is 22.1 Å². The number of ether oxygens (including phenoxy) is 1. The average molecular weight is 374 g/mol. The van der Waals surface area contributed by atoms with Gasteiger partial charge in [-0.1, -0.05) is 11.6 Å². The van der Waals surface area contributed by atoms with Gasteiger partial charge in [0.25, 0.3) is 0 Å².